The van der Waals surface area contributed by atoms with Gasteiger partial charge in [-0.1, -0.05) is 72.8 Å². The summed E-state index contributed by atoms with van der Waals surface area (Å²) in [4.78, 5) is 19.8. The van der Waals surface area contributed by atoms with Crippen molar-refractivity contribution in [3.05, 3.63) is 138 Å². The highest BCUT2D eigenvalue weighted by Gasteiger charge is 2.24. The fourth-order valence-corrected chi connectivity index (χ4v) is 6.00. The number of hydrogen-bond acceptors (Lipinski definition) is 6. The van der Waals surface area contributed by atoms with Crippen molar-refractivity contribution in [2.24, 2.45) is 0 Å². The number of phenols is 1. The van der Waals surface area contributed by atoms with Crippen molar-refractivity contribution in [2.45, 2.75) is 37.9 Å². The minimum absolute atomic E-state index is 0.0796. The number of piperidine rings is 1. The zero-order valence-corrected chi connectivity index (χ0v) is 26.1. The Balaban J connectivity index is 0.967. The first-order chi connectivity index (χ1) is 22.6. The van der Waals surface area contributed by atoms with Crippen LogP contribution in [0.3, 0.4) is 0 Å². The van der Waals surface area contributed by atoms with E-state index in [9.17, 15) is 9.90 Å². The molecule has 1 amide bonds. The number of nitrogens with one attached hydrogen (secondary N) is 1. The van der Waals surface area contributed by atoms with Crippen molar-refractivity contribution in [1.29, 1.82) is 0 Å². The number of aromatic nitrogens is 1. The van der Waals surface area contributed by atoms with Gasteiger partial charge in [-0.05, 0) is 84.0 Å². The fraction of sp³-hybridized carbons (Fsp3) is 0.282. The Morgan fingerprint density at radius 3 is 2.28 bits per heavy atom. The normalized spacial score (nSPS) is 14.0. The molecule has 1 saturated heterocycles. The predicted octanol–water partition coefficient (Wildman–Crippen LogP) is 6.95. The number of likely N-dealkylation sites (tertiary alicyclic amines) is 1. The number of carbonyl (C=O) groups excluding carboxylic acids is 1. The average Bonchev–Trinajstić information content (AvgIpc) is 3.11. The minimum Gasteiger partial charge on any atom is -0.504 e. The molecule has 1 aromatic heterocycles. The van der Waals surface area contributed by atoms with Crippen LogP contribution < -0.4 is 10.1 Å². The zero-order chi connectivity index (χ0) is 31.6. The number of benzene rings is 4. The molecular weight excluding hydrogens is 574 g/mol. The number of rotatable bonds is 13. The van der Waals surface area contributed by atoms with Gasteiger partial charge in [0.1, 0.15) is 6.10 Å². The SMILES string of the molecule is O=C(NCCN1CCC(OC(c2ccccc2)c2ccccc2)CC1)c1ccc2cc(O)c(OCCCc3ccccn3)cc2c1. The van der Waals surface area contributed by atoms with Crippen LogP contribution in [0.25, 0.3) is 10.8 Å². The van der Waals surface area contributed by atoms with Crippen LogP contribution in [0.2, 0.25) is 0 Å². The van der Waals surface area contributed by atoms with Gasteiger partial charge in [0.2, 0.25) is 0 Å². The molecule has 0 radical (unpaired) electrons. The highest BCUT2D eigenvalue weighted by atomic mass is 16.5. The standard InChI is InChI=1S/C39H41N3O4/c43-36-27-31-16-17-32(26-33(31)28-37(36)45-25-9-15-34-14-7-8-20-40-34)39(44)41-21-24-42-22-18-35(19-23-42)46-38(29-10-3-1-4-11-29)30-12-5-2-6-13-30/h1-8,10-14,16-17,20,26-28,35,38,43H,9,15,18-19,21-25H2,(H,41,44). The molecule has 6 rings (SSSR count). The van der Waals surface area contributed by atoms with E-state index in [2.05, 4.69) is 63.7 Å². The topological polar surface area (TPSA) is 83.9 Å². The van der Waals surface area contributed by atoms with Gasteiger partial charge in [-0.15, -0.1) is 0 Å². The Morgan fingerprint density at radius 2 is 1.59 bits per heavy atom. The summed E-state index contributed by atoms with van der Waals surface area (Å²) in [6.07, 6.45) is 5.38. The van der Waals surface area contributed by atoms with Crippen molar-refractivity contribution in [3.63, 3.8) is 0 Å². The number of aromatic hydroxyl groups is 1. The van der Waals surface area contributed by atoms with Crippen LogP contribution >= 0.6 is 0 Å². The number of ether oxygens (including phenoxy) is 2. The van der Waals surface area contributed by atoms with Crippen molar-refractivity contribution in [1.82, 2.24) is 15.2 Å². The van der Waals surface area contributed by atoms with Gasteiger partial charge >= 0.3 is 0 Å². The van der Waals surface area contributed by atoms with E-state index in [1.165, 1.54) is 11.1 Å². The van der Waals surface area contributed by atoms with Gasteiger partial charge in [0.25, 0.3) is 5.91 Å². The maximum atomic E-state index is 13.0. The lowest BCUT2D eigenvalue weighted by molar-refractivity contribution is -0.0267. The number of aryl methyl sites for hydroxylation is 1. The molecule has 1 fully saturated rings. The van der Waals surface area contributed by atoms with Gasteiger partial charge in [-0.2, -0.15) is 0 Å². The lowest BCUT2D eigenvalue weighted by atomic mass is 10.00. The lowest BCUT2D eigenvalue weighted by Gasteiger charge is -2.34. The summed E-state index contributed by atoms with van der Waals surface area (Å²) >= 11 is 0. The Bertz CT molecular complexity index is 1650. The molecule has 0 spiro atoms. The van der Waals surface area contributed by atoms with Gasteiger partial charge in [-0.3, -0.25) is 9.78 Å². The molecule has 0 unspecified atom stereocenters. The summed E-state index contributed by atoms with van der Waals surface area (Å²) in [7, 11) is 0. The van der Waals surface area contributed by atoms with Crippen LogP contribution in [0.15, 0.2) is 115 Å². The molecule has 7 heteroatoms. The Kier molecular flexibility index (Phi) is 10.6. The molecule has 0 atom stereocenters. The first-order valence-electron chi connectivity index (χ1n) is 16.2. The number of phenolic OH excluding ortho intramolecular Hbond substituents is 1. The molecule has 7 nitrogen and oxygen atoms in total. The highest BCUT2D eigenvalue weighted by Crippen LogP contribution is 2.32. The van der Waals surface area contributed by atoms with Crippen molar-refractivity contribution >= 4 is 16.7 Å². The summed E-state index contributed by atoms with van der Waals surface area (Å²) in [5, 5.41) is 15.3. The molecule has 0 bridgehead atoms. The summed E-state index contributed by atoms with van der Waals surface area (Å²) in [5.41, 5.74) is 3.94. The number of hydrogen-bond donors (Lipinski definition) is 2. The second-order valence-electron chi connectivity index (χ2n) is 11.8. The maximum absolute atomic E-state index is 13.0. The van der Waals surface area contributed by atoms with E-state index in [-0.39, 0.29) is 23.9 Å². The van der Waals surface area contributed by atoms with E-state index >= 15 is 0 Å². The van der Waals surface area contributed by atoms with Gasteiger partial charge in [0.05, 0.1) is 12.7 Å². The van der Waals surface area contributed by atoms with Crippen molar-refractivity contribution in [2.75, 3.05) is 32.8 Å². The van der Waals surface area contributed by atoms with Crippen molar-refractivity contribution < 1.29 is 19.4 Å². The summed E-state index contributed by atoms with van der Waals surface area (Å²) < 4.78 is 12.6. The Hall–Kier alpha value is -4.72. The van der Waals surface area contributed by atoms with Crippen LogP contribution in [0.4, 0.5) is 0 Å². The van der Waals surface area contributed by atoms with Gasteiger partial charge in [0.15, 0.2) is 11.5 Å². The predicted molar refractivity (Wildman–Crippen MR) is 181 cm³/mol. The van der Waals surface area contributed by atoms with Crippen LogP contribution in [0.5, 0.6) is 11.5 Å². The fourth-order valence-electron chi connectivity index (χ4n) is 6.00. The summed E-state index contributed by atoms with van der Waals surface area (Å²) in [6.45, 7) is 3.68. The molecule has 0 saturated carbocycles. The first kappa shape index (κ1) is 31.3. The second-order valence-corrected chi connectivity index (χ2v) is 11.8. The molecule has 46 heavy (non-hydrogen) atoms. The molecule has 0 aliphatic carbocycles. The molecule has 5 aromatic rings. The minimum atomic E-state index is -0.111. The Labute approximate surface area is 270 Å². The molecule has 2 N–H and O–H groups in total. The second kappa shape index (κ2) is 15.5. The number of pyridine rings is 1. The number of amides is 1. The zero-order valence-electron chi connectivity index (χ0n) is 26.1. The van der Waals surface area contributed by atoms with E-state index in [0.717, 1.165) is 61.8 Å². The molecule has 4 aromatic carbocycles. The molecule has 1 aliphatic heterocycles. The van der Waals surface area contributed by atoms with E-state index < -0.39 is 0 Å². The summed E-state index contributed by atoms with van der Waals surface area (Å²) in [5.74, 6) is 0.393. The van der Waals surface area contributed by atoms with E-state index in [0.29, 0.717) is 24.5 Å². The quantitative estimate of drug-likeness (QED) is 0.140. The number of fused-ring (bicyclic) bond motifs is 1. The van der Waals surface area contributed by atoms with Crippen LogP contribution in [0, 0.1) is 0 Å². The van der Waals surface area contributed by atoms with Crippen LogP contribution in [-0.2, 0) is 11.2 Å². The number of carbonyl (C=O) groups is 1. The van der Waals surface area contributed by atoms with Crippen LogP contribution in [-0.4, -0.2) is 59.8 Å². The molecular formula is C39H41N3O4. The summed E-state index contributed by atoms with van der Waals surface area (Å²) in [6, 6.07) is 35.7. The van der Waals surface area contributed by atoms with E-state index in [1.54, 1.807) is 24.4 Å². The van der Waals surface area contributed by atoms with Gasteiger partial charge < -0.3 is 24.8 Å². The third kappa shape index (κ3) is 8.30. The van der Waals surface area contributed by atoms with Crippen LogP contribution in [0.1, 0.15) is 52.5 Å². The highest BCUT2D eigenvalue weighted by molar-refractivity contribution is 5.99. The van der Waals surface area contributed by atoms with E-state index in [1.807, 2.05) is 42.5 Å². The largest absolute Gasteiger partial charge is 0.504 e. The average molecular weight is 616 g/mol. The molecule has 1 aliphatic rings. The van der Waals surface area contributed by atoms with Gasteiger partial charge in [-0.25, -0.2) is 0 Å². The first-order valence-corrected chi connectivity index (χ1v) is 16.2. The Morgan fingerprint density at radius 1 is 0.870 bits per heavy atom. The third-order valence-electron chi connectivity index (χ3n) is 8.52. The molecule has 2 heterocycles. The van der Waals surface area contributed by atoms with Crippen molar-refractivity contribution in [3.8, 4) is 11.5 Å². The molecule has 236 valence electrons. The lowest BCUT2D eigenvalue weighted by Crippen LogP contribution is -2.41. The third-order valence-corrected chi connectivity index (χ3v) is 8.52. The van der Waals surface area contributed by atoms with E-state index in [4.69, 9.17) is 9.47 Å². The smallest absolute Gasteiger partial charge is 0.251 e. The maximum Gasteiger partial charge on any atom is 0.251 e. The number of nitrogens with zero attached hydrogens (tertiary/aromatic N) is 2. The van der Waals surface area contributed by atoms with Gasteiger partial charge in [0, 0.05) is 43.6 Å². The monoisotopic (exact) mass is 615 g/mol.